The number of benzene rings is 1. The average molecular weight is 260 g/mol. The zero-order valence-corrected chi connectivity index (χ0v) is 11.2. The zero-order valence-electron chi connectivity index (χ0n) is 11.2. The number of hydrogen-bond acceptors (Lipinski definition) is 2. The first-order chi connectivity index (χ1) is 9.15. The van der Waals surface area contributed by atoms with Crippen LogP contribution in [0.2, 0.25) is 0 Å². The third kappa shape index (κ3) is 4.09. The zero-order chi connectivity index (χ0) is 13.7. The molecular weight excluding hydrogens is 240 g/mol. The molecule has 1 fully saturated rings. The van der Waals surface area contributed by atoms with E-state index in [1.54, 1.807) is 0 Å². The molecule has 19 heavy (non-hydrogen) atoms. The fraction of sp³-hybridized carbons (Fsp3) is 0.467. The standard InChI is InChI=1S/C15H20N2O2/c1-11(7-8-12-5-3-2-4-6-12)16-15(19)13-9-10-14(18)17-13/h2-6,11,13H,7-10H2,1H3,(H,16,19)(H,17,18). The van der Waals surface area contributed by atoms with E-state index >= 15 is 0 Å². The molecule has 1 aromatic carbocycles. The summed E-state index contributed by atoms with van der Waals surface area (Å²) in [5.41, 5.74) is 1.28. The van der Waals surface area contributed by atoms with Crippen molar-refractivity contribution in [2.75, 3.05) is 0 Å². The molecule has 2 rings (SSSR count). The Hall–Kier alpha value is -1.84. The smallest absolute Gasteiger partial charge is 0.242 e. The van der Waals surface area contributed by atoms with Crippen LogP contribution < -0.4 is 10.6 Å². The summed E-state index contributed by atoms with van der Waals surface area (Å²) in [5.74, 6) is -0.0940. The van der Waals surface area contributed by atoms with Crippen LogP contribution in [0, 0.1) is 0 Å². The molecular formula is C15H20N2O2. The number of nitrogens with one attached hydrogen (secondary N) is 2. The minimum Gasteiger partial charge on any atom is -0.352 e. The van der Waals surface area contributed by atoms with Crippen LogP contribution in [-0.2, 0) is 16.0 Å². The summed E-state index contributed by atoms with van der Waals surface area (Å²) in [6.45, 7) is 2.00. The van der Waals surface area contributed by atoms with Crippen LogP contribution in [0.1, 0.15) is 31.7 Å². The minimum atomic E-state index is -0.341. The van der Waals surface area contributed by atoms with E-state index in [0.717, 1.165) is 12.8 Å². The van der Waals surface area contributed by atoms with E-state index < -0.39 is 0 Å². The Kier molecular flexibility index (Phi) is 4.55. The van der Waals surface area contributed by atoms with E-state index in [0.29, 0.717) is 12.8 Å². The third-order valence-corrected chi connectivity index (χ3v) is 3.41. The normalized spacial score (nSPS) is 19.8. The molecule has 4 nitrogen and oxygen atoms in total. The summed E-state index contributed by atoms with van der Waals surface area (Å²) >= 11 is 0. The van der Waals surface area contributed by atoms with Gasteiger partial charge in [0.05, 0.1) is 0 Å². The van der Waals surface area contributed by atoms with Gasteiger partial charge in [-0.15, -0.1) is 0 Å². The molecule has 2 amide bonds. The molecule has 0 aliphatic carbocycles. The highest BCUT2D eigenvalue weighted by atomic mass is 16.2. The highest BCUT2D eigenvalue weighted by Crippen LogP contribution is 2.08. The average Bonchev–Trinajstić information content (AvgIpc) is 2.84. The van der Waals surface area contributed by atoms with Crippen LogP contribution in [0.15, 0.2) is 30.3 Å². The molecule has 1 aliphatic heterocycles. The van der Waals surface area contributed by atoms with E-state index in [-0.39, 0.29) is 23.9 Å². The molecule has 1 saturated heterocycles. The van der Waals surface area contributed by atoms with Crippen LogP contribution in [0.4, 0.5) is 0 Å². The number of amides is 2. The largest absolute Gasteiger partial charge is 0.352 e. The second-order valence-electron chi connectivity index (χ2n) is 5.09. The van der Waals surface area contributed by atoms with Gasteiger partial charge in [0.1, 0.15) is 6.04 Å². The summed E-state index contributed by atoms with van der Waals surface area (Å²) in [7, 11) is 0. The number of hydrogen-bond donors (Lipinski definition) is 2. The SMILES string of the molecule is CC(CCc1ccccc1)NC(=O)C1CCC(=O)N1. The van der Waals surface area contributed by atoms with E-state index in [1.807, 2.05) is 25.1 Å². The molecule has 0 spiro atoms. The Morgan fingerprint density at radius 1 is 1.42 bits per heavy atom. The number of rotatable bonds is 5. The quantitative estimate of drug-likeness (QED) is 0.841. The molecule has 2 unspecified atom stereocenters. The Labute approximate surface area is 113 Å². The fourth-order valence-corrected chi connectivity index (χ4v) is 2.25. The van der Waals surface area contributed by atoms with Gasteiger partial charge in [-0.3, -0.25) is 9.59 Å². The molecule has 0 saturated carbocycles. The summed E-state index contributed by atoms with van der Waals surface area (Å²) in [6.07, 6.45) is 2.91. The maximum Gasteiger partial charge on any atom is 0.242 e. The van der Waals surface area contributed by atoms with Crippen molar-refractivity contribution in [3.8, 4) is 0 Å². The van der Waals surface area contributed by atoms with Crippen LogP contribution in [0.3, 0.4) is 0 Å². The second-order valence-corrected chi connectivity index (χ2v) is 5.09. The van der Waals surface area contributed by atoms with Crippen LogP contribution in [0.25, 0.3) is 0 Å². The van der Waals surface area contributed by atoms with Gasteiger partial charge in [0.15, 0.2) is 0 Å². The lowest BCUT2D eigenvalue weighted by molar-refractivity contribution is -0.126. The molecule has 1 aromatic rings. The minimum absolute atomic E-state index is 0.0305. The van der Waals surface area contributed by atoms with Crippen molar-refractivity contribution in [3.63, 3.8) is 0 Å². The van der Waals surface area contributed by atoms with Gasteiger partial charge in [0, 0.05) is 12.5 Å². The number of carbonyl (C=O) groups is 2. The third-order valence-electron chi connectivity index (χ3n) is 3.41. The summed E-state index contributed by atoms with van der Waals surface area (Å²) < 4.78 is 0. The summed E-state index contributed by atoms with van der Waals surface area (Å²) in [6, 6.07) is 9.99. The van der Waals surface area contributed by atoms with E-state index in [9.17, 15) is 9.59 Å². The van der Waals surface area contributed by atoms with E-state index in [1.165, 1.54) is 5.56 Å². The predicted octanol–water partition coefficient (Wildman–Crippen LogP) is 1.40. The second kappa shape index (κ2) is 6.36. The van der Waals surface area contributed by atoms with Crippen LogP contribution in [0.5, 0.6) is 0 Å². The van der Waals surface area contributed by atoms with Gasteiger partial charge in [-0.05, 0) is 31.7 Å². The van der Waals surface area contributed by atoms with Crippen LogP contribution in [-0.4, -0.2) is 23.9 Å². The van der Waals surface area contributed by atoms with Crippen LogP contribution >= 0.6 is 0 Å². The van der Waals surface area contributed by atoms with Crippen molar-refractivity contribution in [3.05, 3.63) is 35.9 Å². The Balaban J connectivity index is 1.73. The van der Waals surface area contributed by atoms with Gasteiger partial charge in [0.25, 0.3) is 0 Å². The van der Waals surface area contributed by atoms with Crippen molar-refractivity contribution in [2.45, 2.75) is 44.7 Å². The lowest BCUT2D eigenvalue weighted by Crippen LogP contribution is -2.45. The van der Waals surface area contributed by atoms with Gasteiger partial charge < -0.3 is 10.6 Å². The molecule has 0 aromatic heterocycles. The monoisotopic (exact) mass is 260 g/mol. The maximum atomic E-state index is 11.9. The van der Waals surface area contributed by atoms with E-state index in [4.69, 9.17) is 0 Å². The molecule has 2 atom stereocenters. The van der Waals surface area contributed by atoms with E-state index in [2.05, 4.69) is 22.8 Å². The Morgan fingerprint density at radius 3 is 2.79 bits per heavy atom. The fourth-order valence-electron chi connectivity index (χ4n) is 2.25. The van der Waals surface area contributed by atoms with Gasteiger partial charge in [-0.25, -0.2) is 0 Å². The summed E-state index contributed by atoms with van der Waals surface area (Å²) in [4.78, 5) is 23.0. The molecule has 0 radical (unpaired) electrons. The number of aryl methyl sites for hydroxylation is 1. The first-order valence-corrected chi connectivity index (χ1v) is 6.79. The van der Waals surface area contributed by atoms with Crippen molar-refractivity contribution < 1.29 is 9.59 Å². The Bertz CT molecular complexity index is 445. The van der Waals surface area contributed by atoms with Crippen molar-refractivity contribution in [1.29, 1.82) is 0 Å². The topological polar surface area (TPSA) is 58.2 Å². The first-order valence-electron chi connectivity index (χ1n) is 6.79. The maximum absolute atomic E-state index is 11.9. The van der Waals surface area contributed by atoms with Crippen molar-refractivity contribution in [2.24, 2.45) is 0 Å². The predicted molar refractivity (Wildman–Crippen MR) is 73.5 cm³/mol. The first kappa shape index (κ1) is 13.6. The lowest BCUT2D eigenvalue weighted by atomic mass is 10.1. The molecule has 1 heterocycles. The van der Waals surface area contributed by atoms with Gasteiger partial charge in [-0.1, -0.05) is 30.3 Å². The highest BCUT2D eigenvalue weighted by Gasteiger charge is 2.27. The van der Waals surface area contributed by atoms with Crippen molar-refractivity contribution >= 4 is 11.8 Å². The lowest BCUT2D eigenvalue weighted by Gasteiger charge is -2.17. The van der Waals surface area contributed by atoms with Gasteiger partial charge in [0.2, 0.25) is 11.8 Å². The summed E-state index contributed by atoms with van der Waals surface area (Å²) in [5, 5.41) is 5.64. The molecule has 102 valence electrons. The molecule has 1 aliphatic rings. The molecule has 2 N–H and O–H groups in total. The molecule has 4 heteroatoms. The Morgan fingerprint density at radius 2 is 2.16 bits per heavy atom. The van der Waals surface area contributed by atoms with Gasteiger partial charge in [-0.2, -0.15) is 0 Å². The molecule has 0 bridgehead atoms. The highest BCUT2D eigenvalue weighted by molar-refractivity contribution is 5.90. The number of carbonyl (C=O) groups excluding carboxylic acids is 2. The van der Waals surface area contributed by atoms with Crippen molar-refractivity contribution in [1.82, 2.24) is 10.6 Å². The van der Waals surface area contributed by atoms with Gasteiger partial charge >= 0.3 is 0 Å².